The van der Waals surface area contributed by atoms with Crippen molar-refractivity contribution >= 4 is 29.7 Å². The van der Waals surface area contributed by atoms with Crippen LogP contribution in [-0.4, -0.2) is 61.8 Å². The Bertz CT molecular complexity index is 856. The minimum Gasteiger partial charge on any atom is -0.458 e. The molecule has 1 fully saturated rings. The number of rotatable bonds is 9. The van der Waals surface area contributed by atoms with Crippen molar-refractivity contribution in [2.75, 3.05) is 18.5 Å². The second kappa shape index (κ2) is 14.3. The van der Waals surface area contributed by atoms with Crippen molar-refractivity contribution in [3.05, 3.63) is 24.3 Å². The van der Waals surface area contributed by atoms with Gasteiger partial charge in [-0.2, -0.15) is 0 Å². The lowest BCUT2D eigenvalue weighted by atomic mass is 9.89. The molecule has 5 atom stereocenters. The van der Waals surface area contributed by atoms with Gasteiger partial charge in [0.25, 0.3) is 0 Å². The van der Waals surface area contributed by atoms with Crippen LogP contribution in [0.3, 0.4) is 0 Å². The van der Waals surface area contributed by atoms with Crippen LogP contribution in [0.5, 0.6) is 5.75 Å². The summed E-state index contributed by atoms with van der Waals surface area (Å²) in [6.07, 6.45) is -3.38. The molecule has 1 aliphatic heterocycles. The fraction of sp³-hybridized carbons (Fsp3) is 0.583. The number of carbonyl (C=O) groups is 4. The van der Waals surface area contributed by atoms with Crippen molar-refractivity contribution in [3.63, 3.8) is 0 Å². The van der Waals surface area contributed by atoms with E-state index in [-0.39, 0.29) is 44.3 Å². The van der Waals surface area contributed by atoms with Crippen LogP contribution in [0.2, 0.25) is 0 Å². The van der Waals surface area contributed by atoms with E-state index in [2.05, 4.69) is 5.32 Å². The molecule has 1 saturated heterocycles. The maximum atomic E-state index is 11.9. The van der Waals surface area contributed by atoms with Gasteiger partial charge in [-0.3, -0.25) is 14.4 Å². The van der Waals surface area contributed by atoms with Gasteiger partial charge < -0.3 is 33.7 Å². The second-order valence-electron chi connectivity index (χ2n) is 7.74. The molecule has 1 amide bonds. The van der Waals surface area contributed by atoms with E-state index in [0.29, 0.717) is 12.1 Å². The van der Waals surface area contributed by atoms with Gasteiger partial charge in [0, 0.05) is 32.4 Å². The van der Waals surface area contributed by atoms with Crippen molar-refractivity contribution in [3.8, 4) is 5.75 Å². The third-order valence-electron chi connectivity index (χ3n) is 4.97. The molecule has 0 aromatic heterocycles. The van der Waals surface area contributed by atoms with Gasteiger partial charge in [0.1, 0.15) is 18.5 Å². The molecule has 1 heterocycles. The number of hydrogen-bond acceptors (Lipinski definition) is 10. The molecule has 11 nitrogen and oxygen atoms in total. The molecule has 2 rings (SSSR count). The lowest BCUT2D eigenvalue weighted by Crippen LogP contribution is -2.57. The molecule has 1 N–H and O–H groups in total. The van der Waals surface area contributed by atoms with Crippen LogP contribution in [0.1, 0.15) is 48.5 Å². The van der Waals surface area contributed by atoms with E-state index in [0.717, 1.165) is 0 Å². The number of ether oxygens (including phenoxy) is 6. The maximum absolute atomic E-state index is 11.9. The Morgan fingerprint density at radius 3 is 2.09 bits per heavy atom. The summed E-state index contributed by atoms with van der Waals surface area (Å²) in [6.45, 7) is 7.40. The first-order valence-corrected chi connectivity index (χ1v) is 10.9. The standard InChI is InChI=1S/C23H31NO10.CH4/c1-6-19-13(2)20(31-15(4)26)21(32-16(5)27)22(34-19)29-11-12-30-23(28)33-18-9-7-17(8-10-18)24-14(3)25;/h7-10,13,19-22H,6,11-12H2,1-5H3,(H,24,25);1H4/t13-,19-,20+,21-,22-;/m1./s1. The van der Waals surface area contributed by atoms with Gasteiger partial charge in [-0.05, 0) is 30.7 Å². The molecule has 196 valence electrons. The molecule has 0 saturated carbocycles. The van der Waals surface area contributed by atoms with Crippen molar-refractivity contribution in [1.29, 1.82) is 0 Å². The first kappa shape index (κ1) is 29.9. The average molecular weight is 498 g/mol. The summed E-state index contributed by atoms with van der Waals surface area (Å²) in [5.41, 5.74) is 0.559. The number of nitrogens with one attached hydrogen (secondary N) is 1. The van der Waals surface area contributed by atoms with E-state index in [1.165, 1.54) is 32.9 Å². The first-order valence-electron chi connectivity index (χ1n) is 10.9. The fourth-order valence-corrected chi connectivity index (χ4v) is 3.55. The number of carbonyl (C=O) groups excluding carboxylic acids is 4. The van der Waals surface area contributed by atoms with Gasteiger partial charge in [-0.1, -0.05) is 21.3 Å². The number of anilines is 1. The molecular formula is C24H35NO10. The Morgan fingerprint density at radius 2 is 1.54 bits per heavy atom. The molecule has 35 heavy (non-hydrogen) atoms. The van der Waals surface area contributed by atoms with E-state index in [1.54, 1.807) is 12.1 Å². The zero-order chi connectivity index (χ0) is 25.3. The summed E-state index contributed by atoms with van der Waals surface area (Å²) in [5.74, 6) is -1.31. The van der Waals surface area contributed by atoms with Gasteiger partial charge in [-0.15, -0.1) is 0 Å². The largest absolute Gasteiger partial charge is 0.513 e. The highest BCUT2D eigenvalue weighted by Gasteiger charge is 2.47. The molecular weight excluding hydrogens is 462 g/mol. The average Bonchev–Trinajstić information content (AvgIpc) is 2.75. The van der Waals surface area contributed by atoms with Crippen LogP contribution in [0, 0.1) is 5.92 Å². The Morgan fingerprint density at radius 1 is 0.943 bits per heavy atom. The second-order valence-corrected chi connectivity index (χ2v) is 7.74. The Kier molecular flexibility index (Phi) is 12.2. The van der Waals surface area contributed by atoms with E-state index >= 15 is 0 Å². The van der Waals surface area contributed by atoms with Crippen molar-refractivity contribution in [2.45, 2.75) is 73.1 Å². The molecule has 0 bridgehead atoms. The van der Waals surface area contributed by atoms with Crippen LogP contribution < -0.4 is 10.1 Å². The number of hydrogen-bond donors (Lipinski definition) is 1. The van der Waals surface area contributed by atoms with Crippen LogP contribution >= 0.6 is 0 Å². The van der Waals surface area contributed by atoms with E-state index in [1.807, 2.05) is 13.8 Å². The monoisotopic (exact) mass is 497 g/mol. The third-order valence-corrected chi connectivity index (χ3v) is 4.97. The molecule has 0 spiro atoms. The summed E-state index contributed by atoms with van der Waals surface area (Å²) in [6, 6.07) is 6.16. The Hall–Kier alpha value is -3.18. The normalized spacial score (nSPS) is 23.3. The highest BCUT2D eigenvalue weighted by atomic mass is 16.7. The summed E-state index contributed by atoms with van der Waals surface area (Å²) >= 11 is 0. The van der Waals surface area contributed by atoms with Gasteiger partial charge in [-0.25, -0.2) is 4.79 Å². The molecule has 0 aliphatic carbocycles. The predicted molar refractivity (Wildman–Crippen MR) is 125 cm³/mol. The van der Waals surface area contributed by atoms with Gasteiger partial charge >= 0.3 is 18.1 Å². The Balaban J connectivity index is 0.00000612. The van der Waals surface area contributed by atoms with Crippen molar-refractivity contribution in [2.24, 2.45) is 5.92 Å². The smallest absolute Gasteiger partial charge is 0.458 e. The minimum atomic E-state index is -1.02. The molecule has 11 heteroatoms. The molecule has 1 aromatic carbocycles. The van der Waals surface area contributed by atoms with E-state index < -0.39 is 36.6 Å². The maximum Gasteiger partial charge on any atom is 0.513 e. The van der Waals surface area contributed by atoms with Gasteiger partial charge in [0.2, 0.25) is 5.91 Å². The van der Waals surface area contributed by atoms with Gasteiger partial charge in [0.15, 0.2) is 12.4 Å². The molecule has 1 aromatic rings. The van der Waals surface area contributed by atoms with Crippen molar-refractivity contribution in [1.82, 2.24) is 0 Å². The zero-order valence-corrected chi connectivity index (χ0v) is 19.9. The topological polar surface area (TPSA) is 136 Å². The Labute approximate surface area is 205 Å². The highest BCUT2D eigenvalue weighted by Crippen LogP contribution is 2.32. The van der Waals surface area contributed by atoms with Crippen LogP contribution in [-0.2, 0) is 38.1 Å². The van der Waals surface area contributed by atoms with Crippen molar-refractivity contribution < 1.29 is 47.6 Å². The number of amides is 1. The van der Waals surface area contributed by atoms with Crippen LogP contribution in [0.25, 0.3) is 0 Å². The lowest BCUT2D eigenvalue weighted by Gasteiger charge is -2.43. The highest BCUT2D eigenvalue weighted by molar-refractivity contribution is 5.88. The molecule has 0 radical (unpaired) electrons. The quantitative estimate of drug-likeness (QED) is 0.234. The number of benzene rings is 1. The zero-order valence-electron chi connectivity index (χ0n) is 19.9. The van der Waals surface area contributed by atoms with Gasteiger partial charge in [0.05, 0.1) is 12.7 Å². The molecule has 1 aliphatic rings. The molecule has 0 unspecified atom stereocenters. The van der Waals surface area contributed by atoms with E-state index in [4.69, 9.17) is 28.4 Å². The summed E-state index contributed by atoms with van der Waals surface area (Å²) < 4.78 is 32.4. The third kappa shape index (κ3) is 9.53. The lowest BCUT2D eigenvalue weighted by molar-refractivity contribution is -0.291. The summed E-state index contributed by atoms with van der Waals surface area (Å²) in [4.78, 5) is 46.2. The predicted octanol–water partition coefficient (Wildman–Crippen LogP) is 3.45. The van der Waals surface area contributed by atoms with Crippen LogP contribution in [0.15, 0.2) is 24.3 Å². The number of esters is 2. The first-order chi connectivity index (χ1) is 16.1. The summed E-state index contributed by atoms with van der Waals surface area (Å²) in [7, 11) is 0. The summed E-state index contributed by atoms with van der Waals surface area (Å²) in [5, 5.41) is 2.60. The minimum absolute atomic E-state index is 0. The van der Waals surface area contributed by atoms with E-state index in [9.17, 15) is 19.2 Å². The fourth-order valence-electron chi connectivity index (χ4n) is 3.55. The van der Waals surface area contributed by atoms with Crippen LogP contribution in [0.4, 0.5) is 10.5 Å². The SMILES string of the molecule is C.CC[C@H]1O[C@@H](OCCOC(=O)Oc2ccc(NC(C)=O)cc2)[C@H](OC(C)=O)[C@@H](OC(C)=O)[C@@H]1C.